The largest absolute Gasteiger partial charge is 0.486 e. The fourth-order valence-corrected chi connectivity index (χ4v) is 7.17. The van der Waals surface area contributed by atoms with E-state index >= 15 is 0 Å². The van der Waals surface area contributed by atoms with Gasteiger partial charge in [0, 0.05) is 35.1 Å². The number of nitrogens with one attached hydrogen (secondary N) is 1. The first-order valence-corrected chi connectivity index (χ1v) is 17.9. The van der Waals surface area contributed by atoms with Crippen LogP contribution in [0.1, 0.15) is 31.4 Å². The van der Waals surface area contributed by atoms with Crippen molar-refractivity contribution in [2.75, 3.05) is 24.1 Å². The number of carbonyl (C=O) groups excluding carboxylic acids is 2. The molecule has 1 heterocycles. The number of halogens is 3. The van der Waals surface area contributed by atoms with Crippen molar-refractivity contribution in [1.29, 1.82) is 0 Å². The molecule has 2 atom stereocenters. The quantitative estimate of drug-likeness (QED) is 0.165. The lowest BCUT2D eigenvalue weighted by molar-refractivity contribution is -0.140. The fourth-order valence-electron chi connectivity index (χ4n) is 5.28. The Hall–Kier alpha value is -4.32. The first-order valence-electron chi connectivity index (χ1n) is 15.7. The summed E-state index contributed by atoms with van der Waals surface area (Å²) in [6.07, 6.45) is 0.776. The lowest BCUT2D eigenvalue weighted by atomic mass is 10.0. The van der Waals surface area contributed by atoms with Gasteiger partial charge in [0.15, 0.2) is 11.5 Å². The van der Waals surface area contributed by atoms with Gasteiger partial charge >= 0.3 is 0 Å². The molecule has 258 valence electrons. The lowest BCUT2D eigenvalue weighted by Crippen LogP contribution is -2.54. The first kappa shape index (κ1) is 36.0. The van der Waals surface area contributed by atoms with Crippen molar-refractivity contribution in [3.63, 3.8) is 0 Å². The highest BCUT2D eigenvalue weighted by molar-refractivity contribution is 7.92. The van der Waals surface area contributed by atoms with Crippen molar-refractivity contribution in [2.45, 2.75) is 50.2 Å². The van der Waals surface area contributed by atoms with Gasteiger partial charge in [0.25, 0.3) is 10.0 Å². The van der Waals surface area contributed by atoms with Crippen LogP contribution in [0.3, 0.4) is 0 Å². The minimum Gasteiger partial charge on any atom is -0.486 e. The van der Waals surface area contributed by atoms with Gasteiger partial charge in [-0.25, -0.2) is 12.8 Å². The monoisotopic (exact) mass is 727 g/mol. The van der Waals surface area contributed by atoms with Crippen molar-refractivity contribution >= 4 is 50.7 Å². The normalized spacial score (nSPS) is 13.7. The molecule has 0 spiro atoms. The topological polar surface area (TPSA) is 105 Å². The van der Waals surface area contributed by atoms with E-state index in [1.54, 1.807) is 12.1 Å². The van der Waals surface area contributed by atoms with Crippen LogP contribution < -0.4 is 19.1 Å². The number of hydrogen-bond donors (Lipinski definition) is 1. The number of nitrogens with zero attached hydrogens (tertiary/aromatic N) is 2. The maximum Gasteiger partial charge on any atom is 0.264 e. The SMILES string of the molecule is CCC(C)NC(=O)C(Cc1ccccc1)N(Cc1ccc(Cl)cc1Cl)C(=O)CN(c1ccc(F)cc1)S(=O)(=O)c1ccc2c(c1)OCCO2. The molecule has 4 aromatic carbocycles. The number of sulfonamides is 1. The van der Waals surface area contributed by atoms with E-state index in [2.05, 4.69) is 5.32 Å². The highest BCUT2D eigenvalue weighted by atomic mass is 35.5. The van der Waals surface area contributed by atoms with Crippen LogP contribution in [0.25, 0.3) is 0 Å². The summed E-state index contributed by atoms with van der Waals surface area (Å²) in [7, 11) is -4.46. The molecule has 13 heteroatoms. The average Bonchev–Trinajstić information content (AvgIpc) is 3.10. The first-order chi connectivity index (χ1) is 23.5. The van der Waals surface area contributed by atoms with E-state index in [0.29, 0.717) is 29.4 Å². The Kier molecular flexibility index (Phi) is 11.7. The molecule has 0 aliphatic carbocycles. The smallest absolute Gasteiger partial charge is 0.264 e. The summed E-state index contributed by atoms with van der Waals surface area (Å²) in [4.78, 5) is 29.8. The van der Waals surface area contributed by atoms with E-state index in [-0.39, 0.29) is 47.0 Å². The zero-order valence-corrected chi connectivity index (χ0v) is 29.3. The second-order valence-corrected chi connectivity index (χ2v) is 14.3. The molecule has 1 aliphatic heterocycles. The Balaban J connectivity index is 1.59. The van der Waals surface area contributed by atoms with Gasteiger partial charge in [0.2, 0.25) is 11.8 Å². The van der Waals surface area contributed by atoms with Gasteiger partial charge in [0.05, 0.1) is 10.6 Å². The second-order valence-electron chi connectivity index (χ2n) is 11.6. The Morgan fingerprint density at radius 2 is 1.61 bits per heavy atom. The second kappa shape index (κ2) is 15.9. The molecular weight excluding hydrogens is 692 g/mol. The molecule has 1 aliphatic rings. The van der Waals surface area contributed by atoms with Crippen LogP contribution in [0.2, 0.25) is 10.0 Å². The molecule has 0 aromatic heterocycles. The third-order valence-electron chi connectivity index (χ3n) is 8.12. The van der Waals surface area contributed by atoms with Crippen LogP contribution in [0.15, 0.2) is 95.9 Å². The summed E-state index contributed by atoms with van der Waals surface area (Å²) in [5.74, 6) is -1.08. The maximum absolute atomic E-state index is 14.6. The van der Waals surface area contributed by atoms with Crippen LogP contribution in [-0.4, -0.2) is 57.0 Å². The Labute approximate surface area is 295 Å². The van der Waals surface area contributed by atoms with Gasteiger partial charge in [-0.1, -0.05) is 66.5 Å². The van der Waals surface area contributed by atoms with E-state index in [9.17, 15) is 22.4 Å². The summed E-state index contributed by atoms with van der Waals surface area (Å²) >= 11 is 12.7. The van der Waals surface area contributed by atoms with Crippen molar-refractivity contribution in [3.05, 3.63) is 118 Å². The van der Waals surface area contributed by atoms with E-state index in [1.807, 2.05) is 44.2 Å². The van der Waals surface area contributed by atoms with Crippen molar-refractivity contribution in [1.82, 2.24) is 10.2 Å². The molecule has 0 saturated heterocycles. The lowest BCUT2D eigenvalue weighted by Gasteiger charge is -2.34. The van der Waals surface area contributed by atoms with Crippen LogP contribution in [0.4, 0.5) is 10.1 Å². The predicted molar refractivity (Wildman–Crippen MR) is 187 cm³/mol. The Morgan fingerprint density at radius 3 is 2.29 bits per heavy atom. The van der Waals surface area contributed by atoms with Crippen molar-refractivity contribution < 1.29 is 31.9 Å². The van der Waals surface area contributed by atoms with Crippen LogP contribution in [0.5, 0.6) is 11.5 Å². The molecule has 4 aromatic rings. The summed E-state index contributed by atoms with van der Waals surface area (Å²) in [6.45, 7) is 3.47. The number of hydrogen-bond acceptors (Lipinski definition) is 6. The average molecular weight is 729 g/mol. The molecular formula is C36H36Cl2FN3O6S. The minimum absolute atomic E-state index is 0.0396. The predicted octanol–water partition coefficient (Wildman–Crippen LogP) is 6.65. The molecule has 1 N–H and O–H groups in total. The number of fused-ring (bicyclic) bond motifs is 1. The fraction of sp³-hybridized carbons (Fsp3) is 0.278. The van der Waals surface area contributed by atoms with Gasteiger partial charge in [0.1, 0.15) is 31.6 Å². The molecule has 2 unspecified atom stereocenters. The maximum atomic E-state index is 14.6. The van der Waals surface area contributed by atoms with E-state index in [0.717, 1.165) is 22.0 Å². The number of ether oxygens (including phenoxy) is 2. The minimum atomic E-state index is -4.46. The summed E-state index contributed by atoms with van der Waals surface area (Å²) in [5.41, 5.74) is 1.32. The third-order valence-corrected chi connectivity index (χ3v) is 10.5. The summed E-state index contributed by atoms with van der Waals surface area (Å²) in [5, 5.41) is 3.64. The van der Waals surface area contributed by atoms with E-state index in [1.165, 1.54) is 41.3 Å². The Morgan fingerprint density at radius 1 is 0.918 bits per heavy atom. The number of carbonyl (C=O) groups is 2. The molecule has 49 heavy (non-hydrogen) atoms. The van der Waals surface area contributed by atoms with E-state index < -0.39 is 40.2 Å². The number of rotatable bonds is 13. The van der Waals surface area contributed by atoms with Crippen molar-refractivity contribution in [2.24, 2.45) is 0 Å². The van der Waals surface area contributed by atoms with Crippen molar-refractivity contribution in [3.8, 4) is 11.5 Å². The van der Waals surface area contributed by atoms with Crippen LogP contribution >= 0.6 is 23.2 Å². The zero-order chi connectivity index (χ0) is 35.1. The third kappa shape index (κ3) is 8.83. The zero-order valence-electron chi connectivity index (χ0n) is 26.9. The van der Waals surface area contributed by atoms with Gasteiger partial charge in [-0.2, -0.15) is 0 Å². The molecule has 0 saturated carbocycles. The van der Waals surface area contributed by atoms with Crippen LogP contribution in [0, 0.1) is 5.82 Å². The molecule has 0 fully saturated rings. The Bertz CT molecular complexity index is 1900. The van der Waals surface area contributed by atoms with Crippen LogP contribution in [-0.2, 0) is 32.6 Å². The van der Waals surface area contributed by atoms with Gasteiger partial charge < -0.3 is 19.7 Å². The highest BCUT2D eigenvalue weighted by Gasteiger charge is 2.35. The molecule has 0 bridgehead atoms. The highest BCUT2D eigenvalue weighted by Crippen LogP contribution is 2.34. The molecule has 9 nitrogen and oxygen atoms in total. The van der Waals surface area contributed by atoms with Gasteiger partial charge in [-0.3, -0.25) is 13.9 Å². The van der Waals surface area contributed by atoms with Gasteiger partial charge in [-0.05, 0) is 73.0 Å². The van der Waals surface area contributed by atoms with Gasteiger partial charge in [-0.15, -0.1) is 0 Å². The van der Waals surface area contributed by atoms with E-state index in [4.69, 9.17) is 32.7 Å². The number of anilines is 1. The molecule has 5 rings (SSSR count). The summed E-state index contributed by atoms with van der Waals surface area (Å²) < 4.78 is 54.8. The number of amides is 2. The molecule has 2 amide bonds. The number of benzene rings is 4. The molecule has 0 radical (unpaired) electrons. The standard InChI is InChI=1S/C36H36Cl2FN3O6S/c1-3-24(2)40-36(44)32(19-25-7-5-4-6-8-25)41(22-26-9-10-27(37)20-31(26)38)35(43)23-42(29-13-11-28(39)12-14-29)49(45,46)30-15-16-33-34(21-30)48-18-17-47-33/h4-16,20-21,24,32H,3,17-19,22-23H2,1-2H3,(H,40,44). The summed E-state index contributed by atoms with van der Waals surface area (Å²) in [6, 6.07) is 21.7.